The molecule has 132 valence electrons. The number of hydrogen-bond acceptors (Lipinski definition) is 4. The molecule has 2 saturated heterocycles. The Balaban J connectivity index is 1.45. The normalized spacial score (nSPS) is 78.5. The molecule has 8 aliphatic carbocycles. The van der Waals surface area contributed by atoms with E-state index < -0.39 is 11.2 Å². The Hall–Kier alpha value is -0.610. The largest absolute Gasteiger partial charge is 0.468 e. The smallest absolute Gasteiger partial charge is 0.317 e. The van der Waals surface area contributed by atoms with E-state index in [9.17, 15) is 4.79 Å². The van der Waals surface area contributed by atoms with E-state index in [1.165, 1.54) is 25.7 Å². The van der Waals surface area contributed by atoms with Gasteiger partial charge in [-0.3, -0.25) is 4.79 Å². The zero-order valence-electron chi connectivity index (χ0n) is 14.5. The summed E-state index contributed by atoms with van der Waals surface area (Å²) in [5, 5.41) is 0. The van der Waals surface area contributed by atoms with Gasteiger partial charge < -0.3 is 14.2 Å². The molecule has 0 amide bonds. The highest BCUT2D eigenvalue weighted by atomic mass is 16.7. The van der Waals surface area contributed by atoms with E-state index >= 15 is 0 Å². The summed E-state index contributed by atoms with van der Waals surface area (Å²) in [6.45, 7) is 0. The molecule has 0 radical (unpaired) electrons. The molecule has 15 atom stereocenters. The third-order valence-electron chi connectivity index (χ3n) is 11.5. The summed E-state index contributed by atoms with van der Waals surface area (Å²) in [4.78, 5) is 13.6. The zero-order valence-corrected chi connectivity index (χ0v) is 14.5. The third kappa shape index (κ3) is 0.818. The van der Waals surface area contributed by atoms with E-state index in [1.807, 2.05) is 0 Å². The molecule has 2 heterocycles. The molecule has 8 saturated carbocycles. The van der Waals surface area contributed by atoms with Gasteiger partial charge in [-0.05, 0) is 84.9 Å². The van der Waals surface area contributed by atoms with Crippen molar-refractivity contribution in [3.8, 4) is 0 Å². The van der Waals surface area contributed by atoms with Gasteiger partial charge in [0.05, 0.1) is 19.3 Å². The maximum absolute atomic E-state index is 13.6. The number of hydrogen-bond donors (Lipinski definition) is 0. The van der Waals surface area contributed by atoms with Gasteiger partial charge in [0.2, 0.25) is 0 Å². The van der Waals surface area contributed by atoms with E-state index in [1.54, 1.807) is 7.11 Å². The molecule has 9 bridgehead atoms. The fraction of sp³-hybridized carbons (Fsp3) is 0.952. The SMILES string of the molecule is COC(=O)[C@]12[C@@H]3[C@H]4[C@H]5[C@H]6[C@@H]7[C@H](CC[C@H]7O[C@]17O[C@@H]1CC[C@@H]([C@@H]4[C@@H]67)[C@@H]31)[C@H]52. The minimum absolute atomic E-state index is 0.0381. The maximum atomic E-state index is 13.6. The van der Waals surface area contributed by atoms with Crippen molar-refractivity contribution in [2.75, 3.05) is 7.11 Å². The standard InChI is InChI=1S/C21H24O4/c1-23-19(22)20-16-7-3-5-8-10(7)13-15(16)14-12-6-2-4-9(11(6)17(14)20)25-21(20,24-8)18(12)13/h6-18H,2-5H2,1H3/t6-,7+,8-,9-,10-,11-,12+,13-,14-,15-,16-,17+,18+,20+,21-/m1/s1. The molecule has 0 aromatic heterocycles. The second kappa shape index (κ2) is 3.22. The Bertz CT molecular complexity index is 772. The molecule has 0 aromatic carbocycles. The predicted molar refractivity (Wildman–Crippen MR) is 83.8 cm³/mol. The van der Waals surface area contributed by atoms with Crippen molar-refractivity contribution in [3.63, 3.8) is 0 Å². The first-order valence-electron chi connectivity index (χ1n) is 10.7. The molecule has 1 spiro atoms. The quantitative estimate of drug-likeness (QED) is 0.686. The van der Waals surface area contributed by atoms with Crippen molar-refractivity contribution < 1.29 is 19.0 Å². The highest BCUT2D eigenvalue weighted by molar-refractivity contribution is 5.82. The van der Waals surface area contributed by atoms with Crippen LogP contribution in [0.1, 0.15) is 25.7 Å². The number of rotatable bonds is 1. The van der Waals surface area contributed by atoms with E-state index in [0.717, 1.165) is 35.5 Å². The lowest BCUT2D eigenvalue weighted by molar-refractivity contribution is -0.420. The first-order valence-corrected chi connectivity index (χ1v) is 10.7. The van der Waals surface area contributed by atoms with Crippen LogP contribution >= 0.6 is 0 Å². The first kappa shape index (κ1) is 12.7. The van der Waals surface area contributed by atoms with Gasteiger partial charge in [0.15, 0.2) is 5.79 Å². The van der Waals surface area contributed by atoms with Crippen LogP contribution in [-0.2, 0) is 19.0 Å². The number of carbonyl (C=O) groups excluding carboxylic acids is 1. The fourth-order valence-electron chi connectivity index (χ4n) is 12.1. The van der Waals surface area contributed by atoms with Crippen molar-refractivity contribution in [1.29, 1.82) is 0 Å². The molecule has 4 heteroatoms. The topological polar surface area (TPSA) is 44.8 Å². The number of esters is 1. The summed E-state index contributed by atoms with van der Waals surface area (Å²) in [5.74, 6) is 6.98. The van der Waals surface area contributed by atoms with Crippen LogP contribution in [0.3, 0.4) is 0 Å². The summed E-state index contributed by atoms with van der Waals surface area (Å²) in [6, 6.07) is 0. The van der Waals surface area contributed by atoms with E-state index in [4.69, 9.17) is 14.2 Å². The summed E-state index contributed by atoms with van der Waals surface area (Å²) in [5.41, 5.74) is -0.455. The van der Waals surface area contributed by atoms with Crippen LogP contribution < -0.4 is 0 Å². The van der Waals surface area contributed by atoms with Crippen LogP contribution in [0.2, 0.25) is 0 Å². The number of ether oxygens (including phenoxy) is 3. The second-order valence-electron chi connectivity index (χ2n) is 10.9. The lowest BCUT2D eigenvalue weighted by Gasteiger charge is -2.64. The van der Waals surface area contributed by atoms with Crippen LogP contribution in [0, 0.1) is 70.5 Å². The first-order chi connectivity index (χ1) is 12.3. The summed E-state index contributed by atoms with van der Waals surface area (Å²) >= 11 is 0. The molecule has 10 fully saturated rings. The monoisotopic (exact) mass is 340 g/mol. The Labute approximate surface area is 146 Å². The van der Waals surface area contributed by atoms with Crippen molar-refractivity contribution >= 4 is 5.97 Å². The summed E-state index contributed by atoms with van der Waals surface area (Å²) in [7, 11) is 1.60. The van der Waals surface area contributed by atoms with Crippen LogP contribution in [0.15, 0.2) is 0 Å². The van der Waals surface area contributed by atoms with E-state index in [0.29, 0.717) is 41.8 Å². The van der Waals surface area contributed by atoms with Crippen LogP contribution in [0.5, 0.6) is 0 Å². The number of carbonyl (C=O) groups is 1. The molecule has 0 N–H and O–H groups in total. The average Bonchev–Trinajstić information content (AvgIpc) is 3.32. The van der Waals surface area contributed by atoms with Gasteiger partial charge in [-0.2, -0.15) is 0 Å². The highest BCUT2D eigenvalue weighted by Crippen LogP contribution is 2.94. The molecule has 10 rings (SSSR count). The average molecular weight is 340 g/mol. The Morgan fingerprint density at radius 3 is 2.28 bits per heavy atom. The van der Waals surface area contributed by atoms with Gasteiger partial charge in [0.25, 0.3) is 0 Å². The van der Waals surface area contributed by atoms with Gasteiger partial charge in [-0.15, -0.1) is 0 Å². The molecule has 25 heavy (non-hydrogen) atoms. The Morgan fingerprint density at radius 2 is 1.48 bits per heavy atom. The molecule has 0 unspecified atom stereocenters. The summed E-state index contributed by atoms with van der Waals surface area (Å²) < 4.78 is 19.6. The van der Waals surface area contributed by atoms with Gasteiger partial charge in [0, 0.05) is 5.92 Å². The molecule has 0 aromatic rings. The van der Waals surface area contributed by atoms with Crippen molar-refractivity contribution in [2.24, 2.45) is 70.5 Å². The van der Waals surface area contributed by atoms with Crippen LogP contribution in [0.4, 0.5) is 0 Å². The molecule has 4 nitrogen and oxygen atoms in total. The Kier molecular flexibility index (Phi) is 1.64. The van der Waals surface area contributed by atoms with Crippen LogP contribution in [0.25, 0.3) is 0 Å². The van der Waals surface area contributed by atoms with E-state index in [-0.39, 0.29) is 5.97 Å². The minimum Gasteiger partial charge on any atom is -0.468 e. The van der Waals surface area contributed by atoms with Crippen molar-refractivity contribution in [3.05, 3.63) is 0 Å². The van der Waals surface area contributed by atoms with Gasteiger partial charge in [-0.25, -0.2) is 0 Å². The maximum Gasteiger partial charge on any atom is 0.317 e. The van der Waals surface area contributed by atoms with Crippen LogP contribution in [-0.4, -0.2) is 31.1 Å². The number of methoxy groups -OCH3 is 1. The predicted octanol–water partition coefficient (Wildman–Crippen LogP) is 2.07. The lowest BCUT2D eigenvalue weighted by atomic mass is 9.51. The minimum atomic E-state index is -0.610. The second-order valence-corrected chi connectivity index (χ2v) is 10.9. The Morgan fingerprint density at radius 1 is 0.800 bits per heavy atom. The van der Waals surface area contributed by atoms with Gasteiger partial charge in [0.1, 0.15) is 5.41 Å². The van der Waals surface area contributed by atoms with Crippen molar-refractivity contribution in [1.82, 2.24) is 0 Å². The molecular weight excluding hydrogens is 316 g/mol. The van der Waals surface area contributed by atoms with Crippen molar-refractivity contribution in [2.45, 2.75) is 43.7 Å². The summed E-state index contributed by atoms with van der Waals surface area (Å²) in [6.07, 6.45) is 5.71. The molecular formula is C21H24O4. The fourth-order valence-corrected chi connectivity index (χ4v) is 12.1. The van der Waals surface area contributed by atoms with Gasteiger partial charge >= 0.3 is 5.97 Å². The highest BCUT2D eigenvalue weighted by Gasteiger charge is 2.99. The molecule has 2 aliphatic heterocycles. The third-order valence-corrected chi connectivity index (χ3v) is 11.5. The zero-order chi connectivity index (χ0) is 16.0. The lowest BCUT2D eigenvalue weighted by Crippen LogP contribution is -2.75. The molecule has 10 aliphatic rings. The van der Waals surface area contributed by atoms with E-state index in [2.05, 4.69) is 0 Å². The van der Waals surface area contributed by atoms with Gasteiger partial charge in [-0.1, -0.05) is 0 Å².